The molecule has 1 aromatic rings. The van der Waals surface area contributed by atoms with Crippen molar-refractivity contribution < 1.29 is 14.6 Å². The van der Waals surface area contributed by atoms with Crippen molar-refractivity contribution in [1.82, 2.24) is 4.57 Å². The third kappa shape index (κ3) is 6.57. The molecule has 0 saturated carbocycles. The maximum atomic E-state index is 12.0. The second-order valence-corrected chi connectivity index (χ2v) is 6.89. The van der Waals surface area contributed by atoms with Gasteiger partial charge in [0.05, 0.1) is 6.61 Å². The zero-order valence-electron chi connectivity index (χ0n) is 16.0. The van der Waals surface area contributed by atoms with Crippen LogP contribution in [-0.4, -0.2) is 22.2 Å². The third-order valence-electron chi connectivity index (χ3n) is 4.50. The number of nitrogens with zero attached hydrogens (tertiary/aromatic N) is 2. The molecule has 1 rings (SSSR count). The normalized spacial score (nSPS) is 10.7. The van der Waals surface area contributed by atoms with Crippen LogP contribution < -0.4 is 0 Å². The molecule has 146 valence electrons. The Morgan fingerprint density at radius 3 is 2.12 bits per heavy atom. The third-order valence-corrected chi connectivity index (χ3v) is 4.89. The Balaban J connectivity index is 2.44. The fraction of sp³-hybridized carbons (Fsp3) is 0.700. The topological polar surface area (TPSA) is 75.3 Å². The molecule has 0 unspecified atom stereocenters. The molecular formula is C20H31ClN2O3. The van der Waals surface area contributed by atoms with E-state index in [-0.39, 0.29) is 28.8 Å². The van der Waals surface area contributed by atoms with Crippen LogP contribution in [0, 0.1) is 11.3 Å². The first-order chi connectivity index (χ1) is 12.6. The van der Waals surface area contributed by atoms with Crippen molar-refractivity contribution in [2.24, 2.45) is 0 Å². The molecule has 0 spiro atoms. The fourth-order valence-corrected chi connectivity index (χ4v) is 3.37. The van der Waals surface area contributed by atoms with Gasteiger partial charge in [-0.25, -0.2) is 4.79 Å². The van der Waals surface area contributed by atoms with Gasteiger partial charge in [0.1, 0.15) is 22.3 Å². The van der Waals surface area contributed by atoms with Gasteiger partial charge < -0.3 is 14.4 Å². The van der Waals surface area contributed by atoms with Gasteiger partial charge in [-0.15, -0.1) is 0 Å². The second-order valence-electron chi connectivity index (χ2n) is 6.53. The molecule has 0 fully saturated rings. The SMILES string of the molecule is CCCCCCCCCCCCn1c(O)c(C#N)c(C(=O)OCC)c1Cl. The number of rotatable bonds is 13. The minimum absolute atomic E-state index is 0.0411. The average molecular weight is 383 g/mol. The van der Waals surface area contributed by atoms with Gasteiger partial charge in [0.25, 0.3) is 0 Å². The van der Waals surface area contributed by atoms with Crippen LogP contribution in [0.2, 0.25) is 5.15 Å². The number of carbonyl (C=O) groups excluding carboxylic acids is 1. The summed E-state index contributed by atoms with van der Waals surface area (Å²) in [6.07, 6.45) is 12.1. The van der Waals surface area contributed by atoms with Crippen molar-refractivity contribution in [2.75, 3.05) is 6.61 Å². The van der Waals surface area contributed by atoms with Crippen molar-refractivity contribution >= 4 is 17.6 Å². The van der Waals surface area contributed by atoms with Crippen LogP contribution in [0.15, 0.2) is 0 Å². The molecule has 0 aliphatic carbocycles. The standard InChI is InChI=1S/C20H31ClN2O3/c1-3-5-6-7-8-9-10-11-12-13-14-23-18(21)17(20(25)26-4-2)16(15-22)19(23)24/h24H,3-14H2,1-2H3. The summed E-state index contributed by atoms with van der Waals surface area (Å²) in [5, 5.41) is 19.5. The van der Waals surface area contributed by atoms with Crippen LogP contribution in [-0.2, 0) is 11.3 Å². The predicted octanol–water partition coefficient (Wildman–Crippen LogP) is 5.82. The zero-order valence-corrected chi connectivity index (χ0v) is 16.8. The lowest BCUT2D eigenvalue weighted by molar-refractivity contribution is 0.0526. The molecule has 26 heavy (non-hydrogen) atoms. The molecular weight excluding hydrogens is 352 g/mol. The van der Waals surface area contributed by atoms with E-state index in [0.29, 0.717) is 6.54 Å². The molecule has 1 N–H and O–H groups in total. The van der Waals surface area contributed by atoms with Crippen molar-refractivity contribution in [3.05, 3.63) is 16.3 Å². The lowest BCUT2D eigenvalue weighted by Crippen LogP contribution is -2.06. The molecule has 0 aliphatic rings. The first-order valence-electron chi connectivity index (χ1n) is 9.76. The number of nitriles is 1. The van der Waals surface area contributed by atoms with E-state index in [1.165, 1.54) is 49.5 Å². The van der Waals surface area contributed by atoms with Crippen molar-refractivity contribution in [3.63, 3.8) is 0 Å². The highest BCUT2D eigenvalue weighted by atomic mass is 35.5. The largest absolute Gasteiger partial charge is 0.493 e. The minimum Gasteiger partial charge on any atom is -0.493 e. The van der Waals surface area contributed by atoms with Crippen molar-refractivity contribution in [2.45, 2.75) is 84.6 Å². The lowest BCUT2D eigenvalue weighted by atomic mass is 10.1. The summed E-state index contributed by atoms with van der Waals surface area (Å²) in [7, 11) is 0. The van der Waals surface area contributed by atoms with E-state index in [2.05, 4.69) is 6.92 Å². The molecule has 1 aromatic heterocycles. The highest BCUT2D eigenvalue weighted by molar-refractivity contribution is 6.33. The summed E-state index contributed by atoms with van der Waals surface area (Å²) in [6, 6.07) is 1.85. The van der Waals surface area contributed by atoms with Gasteiger partial charge in [-0.1, -0.05) is 76.3 Å². The number of aromatic nitrogens is 1. The van der Waals surface area contributed by atoms with E-state index >= 15 is 0 Å². The van der Waals surface area contributed by atoms with Gasteiger partial charge in [0.2, 0.25) is 5.88 Å². The Bertz CT molecular complexity index is 605. The Morgan fingerprint density at radius 1 is 1.08 bits per heavy atom. The van der Waals surface area contributed by atoms with Gasteiger partial charge in [0, 0.05) is 6.54 Å². The molecule has 0 atom stereocenters. The molecule has 0 saturated heterocycles. The number of ether oxygens (including phenoxy) is 1. The number of halogens is 1. The van der Waals surface area contributed by atoms with Gasteiger partial charge in [-0.3, -0.25) is 0 Å². The Morgan fingerprint density at radius 2 is 1.62 bits per heavy atom. The average Bonchev–Trinajstić information content (AvgIpc) is 2.87. The monoisotopic (exact) mass is 382 g/mol. The van der Waals surface area contributed by atoms with Crippen LogP contribution in [0.25, 0.3) is 0 Å². The Kier molecular flexibility index (Phi) is 10.9. The second kappa shape index (κ2) is 12.6. The molecule has 6 heteroatoms. The first-order valence-corrected chi connectivity index (χ1v) is 10.1. The molecule has 0 radical (unpaired) electrons. The Labute approximate surface area is 161 Å². The highest BCUT2D eigenvalue weighted by Gasteiger charge is 2.27. The maximum absolute atomic E-state index is 12.0. The quantitative estimate of drug-likeness (QED) is 0.344. The van der Waals surface area contributed by atoms with Gasteiger partial charge in [-0.2, -0.15) is 5.26 Å². The predicted molar refractivity (Wildman–Crippen MR) is 104 cm³/mol. The number of hydrogen-bond donors (Lipinski definition) is 1. The molecule has 0 aromatic carbocycles. The molecule has 1 heterocycles. The lowest BCUT2D eigenvalue weighted by Gasteiger charge is -2.07. The maximum Gasteiger partial charge on any atom is 0.342 e. The van der Waals surface area contributed by atoms with E-state index in [1.54, 1.807) is 6.92 Å². The van der Waals surface area contributed by atoms with E-state index in [0.717, 1.165) is 19.3 Å². The number of carbonyl (C=O) groups is 1. The molecule has 0 bridgehead atoms. The van der Waals surface area contributed by atoms with Crippen LogP contribution in [0.3, 0.4) is 0 Å². The summed E-state index contributed by atoms with van der Waals surface area (Å²) in [6.45, 7) is 4.57. The number of aromatic hydroxyl groups is 1. The smallest absolute Gasteiger partial charge is 0.342 e. The summed E-state index contributed by atoms with van der Waals surface area (Å²) in [4.78, 5) is 12.0. The van der Waals surface area contributed by atoms with E-state index in [4.69, 9.17) is 16.3 Å². The number of hydrogen-bond acceptors (Lipinski definition) is 4. The van der Waals surface area contributed by atoms with Crippen LogP contribution in [0.5, 0.6) is 5.88 Å². The van der Waals surface area contributed by atoms with Gasteiger partial charge in [0.15, 0.2) is 0 Å². The first kappa shape index (κ1) is 22.4. The summed E-state index contributed by atoms with van der Waals surface area (Å²) in [5.74, 6) is -0.928. The van der Waals surface area contributed by atoms with Crippen molar-refractivity contribution in [1.29, 1.82) is 5.26 Å². The summed E-state index contributed by atoms with van der Waals surface area (Å²) < 4.78 is 6.35. The van der Waals surface area contributed by atoms with Crippen LogP contribution >= 0.6 is 11.6 Å². The van der Waals surface area contributed by atoms with Gasteiger partial charge >= 0.3 is 5.97 Å². The molecule has 0 amide bonds. The van der Waals surface area contributed by atoms with Crippen molar-refractivity contribution in [3.8, 4) is 11.9 Å². The van der Waals surface area contributed by atoms with Crippen LogP contribution in [0.1, 0.15) is 94.0 Å². The van der Waals surface area contributed by atoms with E-state index < -0.39 is 5.97 Å². The van der Waals surface area contributed by atoms with E-state index in [1.807, 2.05) is 6.07 Å². The van der Waals surface area contributed by atoms with Gasteiger partial charge in [-0.05, 0) is 13.3 Å². The number of unbranched alkanes of at least 4 members (excludes halogenated alkanes) is 9. The zero-order chi connectivity index (χ0) is 19.4. The fourth-order valence-electron chi connectivity index (χ4n) is 3.03. The number of esters is 1. The van der Waals surface area contributed by atoms with E-state index in [9.17, 15) is 15.2 Å². The Hall–Kier alpha value is -1.67. The molecule has 5 nitrogen and oxygen atoms in total. The van der Waals surface area contributed by atoms with Crippen LogP contribution in [0.4, 0.5) is 0 Å². The molecule has 0 aliphatic heterocycles. The minimum atomic E-state index is -0.675. The highest BCUT2D eigenvalue weighted by Crippen LogP contribution is 2.33. The summed E-state index contributed by atoms with van der Waals surface area (Å²) in [5.41, 5.74) is -0.152. The summed E-state index contributed by atoms with van der Waals surface area (Å²) >= 11 is 6.22.